The topological polar surface area (TPSA) is 83.6 Å². The van der Waals surface area contributed by atoms with Gasteiger partial charge in [0.2, 0.25) is 0 Å². The molecule has 7 nitrogen and oxygen atoms in total. The van der Waals surface area contributed by atoms with Gasteiger partial charge in [-0.15, -0.1) is 0 Å². The first-order chi connectivity index (χ1) is 13.6. The number of carbonyl (C=O) groups is 2. The lowest BCUT2D eigenvalue weighted by molar-refractivity contribution is 0.0938. The first-order valence-electron chi connectivity index (χ1n) is 9.14. The van der Waals surface area contributed by atoms with Crippen LogP contribution in [-0.4, -0.2) is 48.6 Å². The first kappa shape index (κ1) is 19.9. The molecule has 0 aliphatic carbocycles. The molecule has 2 aromatic rings. The van der Waals surface area contributed by atoms with Crippen LogP contribution in [0.4, 0.5) is 10.5 Å². The number of aromatic nitrogens is 1. The van der Waals surface area contributed by atoms with Gasteiger partial charge in [0.15, 0.2) is 0 Å². The second-order valence-corrected chi connectivity index (χ2v) is 7.09. The molecule has 0 bridgehead atoms. The number of amides is 3. The highest BCUT2D eigenvalue weighted by Crippen LogP contribution is 2.27. The number of piperidine rings is 1. The van der Waals surface area contributed by atoms with Gasteiger partial charge >= 0.3 is 6.03 Å². The van der Waals surface area contributed by atoms with E-state index in [2.05, 4.69) is 15.6 Å². The van der Waals surface area contributed by atoms with Crippen LogP contribution in [0.25, 0.3) is 0 Å². The minimum atomic E-state index is -0.176. The quantitative estimate of drug-likeness (QED) is 0.802. The second-order valence-electron chi connectivity index (χ2n) is 6.69. The number of ether oxygens (including phenoxy) is 1. The summed E-state index contributed by atoms with van der Waals surface area (Å²) in [7, 11) is 1.54. The van der Waals surface area contributed by atoms with E-state index in [4.69, 9.17) is 16.3 Å². The van der Waals surface area contributed by atoms with Crippen LogP contribution in [0.1, 0.15) is 23.2 Å². The predicted molar refractivity (Wildman–Crippen MR) is 108 cm³/mol. The third-order valence-electron chi connectivity index (χ3n) is 4.68. The minimum Gasteiger partial charge on any atom is -0.495 e. The van der Waals surface area contributed by atoms with Gasteiger partial charge in [0, 0.05) is 37.7 Å². The van der Waals surface area contributed by atoms with E-state index in [9.17, 15) is 9.59 Å². The van der Waals surface area contributed by atoms with Crippen molar-refractivity contribution in [2.45, 2.75) is 12.8 Å². The largest absolute Gasteiger partial charge is 0.495 e. The zero-order valence-corrected chi connectivity index (χ0v) is 16.4. The molecule has 1 aromatic carbocycles. The summed E-state index contributed by atoms with van der Waals surface area (Å²) in [5.74, 6) is 0.615. The Hall–Kier alpha value is -2.80. The van der Waals surface area contributed by atoms with Crippen molar-refractivity contribution in [1.29, 1.82) is 0 Å². The van der Waals surface area contributed by atoms with Crippen LogP contribution < -0.4 is 15.4 Å². The Kier molecular flexibility index (Phi) is 6.71. The van der Waals surface area contributed by atoms with Gasteiger partial charge in [-0.05, 0) is 49.1 Å². The standard InChI is InChI=1S/C20H23ClN4O3/c1-28-18-7-6-16(10-17(18)21)24-20(27)25-9-3-4-14(13-25)11-23-19(26)15-5-2-8-22-12-15/h2,5-8,10,12,14H,3-4,9,11,13H2,1H3,(H,23,26)(H,24,27)/t14-/m1/s1. The number of likely N-dealkylation sites (tertiary alicyclic amines) is 1. The number of hydrogen-bond donors (Lipinski definition) is 2. The van der Waals surface area contributed by atoms with E-state index in [-0.39, 0.29) is 17.9 Å². The highest BCUT2D eigenvalue weighted by Gasteiger charge is 2.24. The predicted octanol–water partition coefficient (Wildman–Crippen LogP) is 3.42. The van der Waals surface area contributed by atoms with Crippen molar-refractivity contribution >= 4 is 29.2 Å². The highest BCUT2D eigenvalue weighted by atomic mass is 35.5. The number of urea groups is 1. The molecule has 8 heteroatoms. The second kappa shape index (κ2) is 9.41. The van der Waals surface area contributed by atoms with Gasteiger partial charge in [0.1, 0.15) is 5.75 Å². The average Bonchev–Trinajstić information content (AvgIpc) is 2.73. The van der Waals surface area contributed by atoms with Crippen molar-refractivity contribution in [3.8, 4) is 5.75 Å². The third kappa shape index (κ3) is 5.13. The number of pyridine rings is 1. The van der Waals surface area contributed by atoms with Crippen molar-refractivity contribution < 1.29 is 14.3 Å². The Labute approximate surface area is 169 Å². The van der Waals surface area contributed by atoms with E-state index in [0.29, 0.717) is 41.7 Å². The molecule has 3 rings (SSSR count). The number of methoxy groups -OCH3 is 1. The van der Waals surface area contributed by atoms with Crippen molar-refractivity contribution in [3.05, 3.63) is 53.3 Å². The fourth-order valence-corrected chi connectivity index (χ4v) is 3.46. The number of rotatable bonds is 5. The molecule has 1 aliphatic rings. The number of anilines is 1. The lowest BCUT2D eigenvalue weighted by Gasteiger charge is -2.33. The summed E-state index contributed by atoms with van der Waals surface area (Å²) in [4.78, 5) is 30.5. The van der Waals surface area contributed by atoms with Gasteiger partial charge in [0.25, 0.3) is 5.91 Å². The van der Waals surface area contributed by atoms with Crippen LogP contribution in [0.3, 0.4) is 0 Å². The van der Waals surface area contributed by atoms with Crippen LogP contribution in [-0.2, 0) is 0 Å². The summed E-state index contributed by atoms with van der Waals surface area (Å²) in [6.07, 6.45) is 5.02. The molecule has 1 saturated heterocycles. The van der Waals surface area contributed by atoms with Gasteiger partial charge in [-0.2, -0.15) is 0 Å². The van der Waals surface area contributed by atoms with Crippen molar-refractivity contribution in [2.75, 3.05) is 32.1 Å². The van der Waals surface area contributed by atoms with Crippen molar-refractivity contribution in [3.63, 3.8) is 0 Å². The molecule has 1 fully saturated rings. The number of halogens is 1. The Morgan fingerprint density at radius 3 is 2.93 bits per heavy atom. The molecular formula is C20H23ClN4O3. The molecule has 1 aromatic heterocycles. The summed E-state index contributed by atoms with van der Waals surface area (Å²) < 4.78 is 5.12. The van der Waals surface area contributed by atoms with Gasteiger partial charge in [-0.3, -0.25) is 9.78 Å². The molecule has 1 aliphatic heterocycles. The Balaban J connectivity index is 1.52. The monoisotopic (exact) mass is 402 g/mol. The molecule has 0 radical (unpaired) electrons. The molecule has 2 N–H and O–H groups in total. The fourth-order valence-electron chi connectivity index (χ4n) is 3.20. The van der Waals surface area contributed by atoms with Crippen LogP contribution in [0.15, 0.2) is 42.7 Å². The summed E-state index contributed by atoms with van der Waals surface area (Å²) in [5, 5.41) is 6.24. The average molecular weight is 403 g/mol. The van der Waals surface area contributed by atoms with E-state index < -0.39 is 0 Å². The maximum absolute atomic E-state index is 12.6. The maximum Gasteiger partial charge on any atom is 0.321 e. The smallest absolute Gasteiger partial charge is 0.321 e. The highest BCUT2D eigenvalue weighted by molar-refractivity contribution is 6.32. The SMILES string of the molecule is COc1ccc(NC(=O)N2CCC[C@H](CNC(=O)c3cccnc3)C2)cc1Cl. The van der Waals surface area contributed by atoms with E-state index in [1.54, 1.807) is 48.5 Å². The summed E-state index contributed by atoms with van der Waals surface area (Å²) in [6.45, 7) is 1.79. The molecule has 0 saturated carbocycles. The summed E-state index contributed by atoms with van der Waals surface area (Å²) in [5.41, 5.74) is 1.15. The Bertz CT molecular complexity index is 831. The normalized spacial score (nSPS) is 16.4. The number of hydrogen-bond acceptors (Lipinski definition) is 4. The zero-order chi connectivity index (χ0) is 19.9. The van der Waals surface area contributed by atoms with E-state index in [1.165, 1.54) is 6.20 Å². The maximum atomic E-state index is 12.6. The van der Waals surface area contributed by atoms with Crippen LogP contribution >= 0.6 is 11.6 Å². The van der Waals surface area contributed by atoms with Crippen LogP contribution in [0, 0.1) is 5.92 Å². The summed E-state index contributed by atoms with van der Waals surface area (Å²) in [6, 6.07) is 8.40. The van der Waals surface area contributed by atoms with Gasteiger partial charge in [-0.1, -0.05) is 11.6 Å². The number of nitrogens with zero attached hydrogens (tertiary/aromatic N) is 2. The van der Waals surface area contributed by atoms with Crippen molar-refractivity contribution in [1.82, 2.24) is 15.2 Å². The van der Waals surface area contributed by atoms with Gasteiger partial charge in [-0.25, -0.2) is 4.79 Å². The molecule has 0 unspecified atom stereocenters. The fraction of sp³-hybridized carbons (Fsp3) is 0.350. The zero-order valence-electron chi connectivity index (χ0n) is 15.7. The molecule has 0 spiro atoms. The third-order valence-corrected chi connectivity index (χ3v) is 4.98. The molecular weight excluding hydrogens is 380 g/mol. The molecule has 1 atom stereocenters. The Morgan fingerprint density at radius 2 is 2.21 bits per heavy atom. The minimum absolute atomic E-state index is 0.150. The lowest BCUT2D eigenvalue weighted by atomic mass is 9.98. The first-order valence-corrected chi connectivity index (χ1v) is 9.52. The molecule has 28 heavy (non-hydrogen) atoms. The molecule has 3 amide bonds. The molecule has 2 heterocycles. The van der Waals surface area contributed by atoms with E-state index in [0.717, 1.165) is 12.8 Å². The molecule has 148 valence electrons. The number of nitrogens with one attached hydrogen (secondary N) is 2. The van der Waals surface area contributed by atoms with Gasteiger partial charge in [0.05, 0.1) is 17.7 Å². The van der Waals surface area contributed by atoms with E-state index >= 15 is 0 Å². The lowest BCUT2D eigenvalue weighted by Crippen LogP contribution is -2.45. The van der Waals surface area contributed by atoms with E-state index in [1.807, 2.05) is 0 Å². The Morgan fingerprint density at radius 1 is 1.36 bits per heavy atom. The number of benzene rings is 1. The van der Waals surface area contributed by atoms with Crippen LogP contribution in [0.2, 0.25) is 5.02 Å². The number of carbonyl (C=O) groups excluding carboxylic acids is 2. The summed E-state index contributed by atoms with van der Waals surface area (Å²) >= 11 is 6.11. The van der Waals surface area contributed by atoms with Gasteiger partial charge < -0.3 is 20.3 Å². The van der Waals surface area contributed by atoms with Crippen molar-refractivity contribution in [2.24, 2.45) is 5.92 Å². The van der Waals surface area contributed by atoms with Crippen LogP contribution in [0.5, 0.6) is 5.75 Å².